The zero-order chi connectivity index (χ0) is 21.6. The lowest BCUT2D eigenvalue weighted by atomic mass is 9.87. The largest absolute Gasteiger partial charge is 0.492 e. The number of pyridine rings is 1. The Kier molecular flexibility index (Phi) is 4.79. The minimum atomic E-state index is -1.44. The van der Waals surface area contributed by atoms with E-state index < -0.39 is 40.5 Å². The van der Waals surface area contributed by atoms with Gasteiger partial charge in [0.15, 0.2) is 11.6 Å². The van der Waals surface area contributed by atoms with E-state index in [1.54, 1.807) is 0 Å². The molecule has 10 heteroatoms. The molecule has 1 spiro atoms. The number of hydrogen-bond acceptors (Lipinski definition) is 5. The summed E-state index contributed by atoms with van der Waals surface area (Å²) in [7, 11) is 1.36. The van der Waals surface area contributed by atoms with E-state index in [9.17, 15) is 19.1 Å². The van der Waals surface area contributed by atoms with Crippen LogP contribution >= 0.6 is 12.4 Å². The van der Waals surface area contributed by atoms with E-state index >= 15 is 4.39 Å². The number of aromatic nitrogens is 1. The summed E-state index contributed by atoms with van der Waals surface area (Å²) in [5.74, 6) is -2.03. The molecule has 5 rings (SSSR count). The van der Waals surface area contributed by atoms with Gasteiger partial charge in [0, 0.05) is 36.7 Å². The molecule has 3 unspecified atom stereocenters. The molecule has 2 aliphatic carbocycles. The van der Waals surface area contributed by atoms with Gasteiger partial charge >= 0.3 is 5.97 Å². The summed E-state index contributed by atoms with van der Waals surface area (Å²) in [5, 5.41) is 9.27. The molecule has 1 saturated heterocycles. The molecule has 168 valence electrons. The van der Waals surface area contributed by atoms with Crippen molar-refractivity contribution in [1.82, 2.24) is 4.57 Å². The maximum absolute atomic E-state index is 15.3. The van der Waals surface area contributed by atoms with Crippen molar-refractivity contribution in [2.45, 2.75) is 43.9 Å². The van der Waals surface area contributed by atoms with E-state index in [2.05, 4.69) is 0 Å². The van der Waals surface area contributed by atoms with Gasteiger partial charge in [0.25, 0.3) is 0 Å². The Morgan fingerprint density at radius 3 is 2.48 bits per heavy atom. The average Bonchev–Trinajstić information content (AvgIpc) is 3.57. The second-order valence-corrected chi connectivity index (χ2v) is 9.09. The van der Waals surface area contributed by atoms with Crippen molar-refractivity contribution in [3.05, 3.63) is 33.9 Å². The van der Waals surface area contributed by atoms with Crippen LogP contribution in [0.25, 0.3) is 10.9 Å². The Morgan fingerprint density at radius 2 is 2.00 bits per heavy atom. The summed E-state index contributed by atoms with van der Waals surface area (Å²) < 4.78 is 36.3. The van der Waals surface area contributed by atoms with Crippen LogP contribution in [0.4, 0.5) is 14.5 Å². The van der Waals surface area contributed by atoms with Crippen LogP contribution < -0.4 is 20.8 Å². The van der Waals surface area contributed by atoms with Crippen LogP contribution in [0.5, 0.6) is 5.75 Å². The normalized spacial score (nSPS) is 28.0. The third-order valence-corrected chi connectivity index (χ3v) is 7.07. The fourth-order valence-electron chi connectivity index (χ4n) is 4.99. The van der Waals surface area contributed by atoms with Gasteiger partial charge in [-0.15, -0.1) is 12.4 Å². The lowest BCUT2D eigenvalue weighted by Crippen LogP contribution is -2.45. The number of anilines is 1. The highest BCUT2D eigenvalue weighted by atomic mass is 35.5. The van der Waals surface area contributed by atoms with Crippen molar-refractivity contribution >= 4 is 35.0 Å². The van der Waals surface area contributed by atoms with Crippen LogP contribution in [0.2, 0.25) is 0 Å². The molecule has 2 saturated carbocycles. The van der Waals surface area contributed by atoms with Crippen LogP contribution in [0.15, 0.2) is 17.1 Å². The number of carbonyl (C=O) groups is 1. The molecule has 2 heterocycles. The Morgan fingerprint density at radius 1 is 1.35 bits per heavy atom. The smallest absolute Gasteiger partial charge is 0.341 e. The molecule has 31 heavy (non-hydrogen) atoms. The molecule has 3 N–H and O–H groups in total. The van der Waals surface area contributed by atoms with E-state index in [1.807, 2.05) is 11.8 Å². The van der Waals surface area contributed by atoms with Crippen molar-refractivity contribution < 1.29 is 23.4 Å². The number of methoxy groups -OCH3 is 1. The van der Waals surface area contributed by atoms with Gasteiger partial charge in [-0.3, -0.25) is 4.79 Å². The predicted octanol–water partition coefficient (Wildman–Crippen LogP) is 2.87. The van der Waals surface area contributed by atoms with Crippen LogP contribution in [0.1, 0.15) is 42.6 Å². The number of ether oxygens (including phenoxy) is 1. The number of nitrogens with zero attached hydrogens (tertiary/aromatic N) is 2. The first-order chi connectivity index (χ1) is 14.1. The lowest BCUT2D eigenvalue weighted by molar-refractivity contribution is 0.0694. The van der Waals surface area contributed by atoms with Crippen LogP contribution in [-0.2, 0) is 0 Å². The summed E-state index contributed by atoms with van der Waals surface area (Å²) >= 11 is 0. The Hall–Kier alpha value is -2.39. The predicted molar refractivity (Wildman–Crippen MR) is 114 cm³/mol. The molecular formula is C21H24ClF2N3O4. The highest BCUT2D eigenvalue weighted by molar-refractivity contribution is 5.97. The monoisotopic (exact) mass is 455 g/mol. The number of alkyl halides is 1. The Balaban J connectivity index is 0.00000231. The summed E-state index contributed by atoms with van der Waals surface area (Å²) in [5.41, 5.74) is 4.98. The number of hydrogen-bond donors (Lipinski definition) is 2. The average molecular weight is 456 g/mol. The molecule has 1 aliphatic heterocycles. The number of rotatable bonds is 4. The Bertz CT molecular complexity index is 1160. The van der Waals surface area contributed by atoms with Gasteiger partial charge in [-0.1, -0.05) is 0 Å². The second kappa shape index (κ2) is 6.80. The van der Waals surface area contributed by atoms with E-state index in [-0.39, 0.29) is 46.6 Å². The fourth-order valence-corrected chi connectivity index (χ4v) is 4.99. The highest BCUT2D eigenvalue weighted by Crippen LogP contribution is 2.59. The zero-order valence-electron chi connectivity index (χ0n) is 17.2. The third-order valence-electron chi connectivity index (χ3n) is 7.07. The number of fused-ring (bicyclic) bond motifs is 1. The number of carboxylic acids is 1. The summed E-state index contributed by atoms with van der Waals surface area (Å²) in [6.45, 7) is 2.93. The van der Waals surface area contributed by atoms with Crippen molar-refractivity contribution in [3.63, 3.8) is 0 Å². The van der Waals surface area contributed by atoms with Gasteiger partial charge in [-0.25, -0.2) is 13.6 Å². The maximum Gasteiger partial charge on any atom is 0.341 e. The van der Waals surface area contributed by atoms with E-state index in [0.717, 1.165) is 25.1 Å². The standard InChI is InChI=1S/C21H23F2N3O4.ClH/c1-20(24)8-25(9-21(20)3-4-21)16-13(23)5-10-15(18(16)30-2)26(14-6-12(14)22)7-11(17(10)27)19(28)29;/h5,7,12,14H,3-4,6,8-9,24H2,1-2H3,(H,28,29);1H. The zero-order valence-corrected chi connectivity index (χ0v) is 18.0. The van der Waals surface area contributed by atoms with Crippen LogP contribution in [0, 0.1) is 11.2 Å². The SMILES string of the molecule is COc1c(N2CC(C)(N)C3(CC3)C2)c(F)cc2c(=O)c(C(=O)O)cn(C3CC3F)c12.Cl. The molecule has 1 aromatic carbocycles. The van der Waals surface area contributed by atoms with Crippen LogP contribution in [0.3, 0.4) is 0 Å². The van der Waals surface area contributed by atoms with Gasteiger partial charge in [-0.05, 0) is 25.8 Å². The number of benzene rings is 1. The van der Waals surface area contributed by atoms with E-state index in [1.165, 1.54) is 11.7 Å². The lowest BCUT2D eigenvalue weighted by Gasteiger charge is -2.26. The van der Waals surface area contributed by atoms with Gasteiger partial charge < -0.3 is 25.0 Å². The minimum absolute atomic E-state index is 0. The molecule has 0 bridgehead atoms. The Labute approximate surface area is 183 Å². The topological polar surface area (TPSA) is 97.8 Å². The first-order valence-electron chi connectivity index (χ1n) is 9.97. The van der Waals surface area contributed by atoms with Gasteiger partial charge in [0.1, 0.15) is 17.4 Å². The second-order valence-electron chi connectivity index (χ2n) is 9.09. The molecule has 3 aliphatic rings. The van der Waals surface area contributed by atoms with Crippen molar-refractivity contribution in [2.75, 3.05) is 25.1 Å². The molecular weight excluding hydrogens is 432 g/mol. The number of carboxylic acid groups (broad SMARTS) is 1. The summed E-state index contributed by atoms with van der Waals surface area (Å²) in [6.07, 6.45) is 2.10. The molecule has 7 nitrogen and oxygen atoms in total. The van der Waals surface area contributed by atoms with Crippen molar-refractivity contribution in [2.24, 2.45) is 11.1 Å². The number of aromatic carboxylic acids is 1. The third kappa shape index (κ3) is 3.01. The minimum Gasteiger partial charge on any atom is -0.492 e. The fraction of sp³-hybridized carbons (Fsp3) is 0.524. The van der Waals surface area contributed by atoms with Crippen molar-refractivity contribution in [3.8, 4) is 5.75 Å². The van der Waals surface area contributed by atoms with Gasteiger partial charge in [-0.2, -0.15) is 0 Å². The molecule has 2 aromatic rings. The highest BCUT2D eigenvalue weighted by Gasteiger charge is 2.61. The first-order valence-corrected chi connectivity index (χ1v) is 9.97. The summed E-state index contributed by atoms with van der Waals surface area (Å²) in [6, 6.07) is 0.423. The van der Waals surface area contributed by atoms with Crippen LogP contribution in [-0.4, -0.2) is 47.6 Å². The maximum atomic E-state index is 15.3. The van der Waals surface area contributed by atoms with E-state index in [4.69, 9.17) is 10.5 Å². The molecule has 3 atom stereocenters. The van der Waals surface area contributed by atoms with Crippen molar-refractivity contribution in [1.29, 1.82) is 0 Å². The van der Waals surface area contributed by atoms with E-state index in [0.29, 0.717) is 13.1 Å². The number of halogens is 3. The first kappa shape index (κ1) is 21.8. The molecule has 3 fully saturated rings. The molecule has 0 amide bonds. The van der Waals surface area contributed by atoms with Gasteiger partial charge in [0.05, 0.1) is 24.1 Å². The molecule has 0 radical (unpaired) electrons. The van der Waals surface area contributed by atoms with Gasteiger partial charge in [0.2, 0.25) is 5.43 Å². The number of nitrogens with two attached hydrogens (primary N) is 1. The molecule has 1 aromatic heterocycles. The quantitative estimate of drug-likeness (QED) is 0.735. The summed E-state index contributed by atoms with van der Waals surface area (Å²) in [4.78, 5) is 26.2.